The van der Waals surface area contributed by atoms with E-state index >= 15 is 0 Å². The van der Waals surface area contributed by atoms with Crippen LogP contribution < -0.4 is 10.5 Å². The standard InChI is InChI=1S/C22H25N5O4/c1-14-11-17(18(28)12-19(14)30-2)21-24-25-22(20(23)29)27(21)16-5-3-15(4-6-16)13-26-7-9-31-10-8-26/h3-6,11-12,28H,7-10,13H2,1-2H3,(H2,23,29). The topological polar surface area (TPSA) is 116 Å². The van der Waals surface area contributed by atoms with Crippen LogP contribution in [0.2, 0.25) is 0 Å². The fourth-order valence-electron chi connectivity index (χ4n) is 3.71. The van der Waals surface area contributed by atoms with E-state index in [4.69, 9.17) is 15.2 Å². The first kappa shape index (κ1) is 20.8. The van der Waals surface area contributed by atoms with Crippen molar-refractivity contribution in [3.8, 4) is 28.6 Å². The molecule has 162 valence electrons. The highest BCUT2D eigenvalue weighted by Crippen LogP contribution is 2.35. The van der Waals surface area contributed by atoms with Crippen molar-refractivity contribution in [3.05, 3.63) is 53.3 Å². The number of hydrogen-bond acceptors (Lipinski definition) is 7. The summed E-state index contributed by atoms with van der Waals surface area (Å²) >= 11 is 0. The van der Waals surface area contributed by atoms with Gasteiger partial charge in [0, 0.05) is 31.4 Å². The van der Waals surface area contributed by atoms with Gasteiger partial charge in [0.1, 0.15) is 11.5 Å². The van der Waals surface area contributed by atoms with Crippen LogP contribution in [0.1, 0.15) is 21.7 Å². The fourth-order valence-corrected chi connectivity index (χ4v) is 3.71. The van der Waals surface area contributed by atoms with E-state index < -0.39 is 5.91 Å². The second-order valence-corrected chi connectivity index (χ2v) is 7.44. The van der Waals surface area contributed by atoms with Crippen molar-refractivity contribution in [2.75, 3.05) is 33.4 Å². The van der Waals surface area contributed by atoms with Crippen molar-refractivity contribution in [2.45, 2.75) is 13.5 Å². The molecule has 1 amide bonds. The molecule has 0 radical (unpaired) electrons. The molecule has 0 unspecified atom stereocenters. The number of benzene rings is 2. The molecule has 0 aliphatic carbocycles. The van der Waals surface area contributed by atoms with Gasteiger partial charge in [0.2, 0.25) is 5.82 Å². The lowest BCUT2D eigenvalue weighted by Crippen LogP contribution is -2.35. The predicted molar refractivity (Wildman–Crippen MR) is 114 cm³/mol. The number of methoxy groups -OCH3 is 1. The number of aromatic nitrogens is 3. The number of aryl methyl sites for hydroxylation is 1. The number of carbonyl (C=O) groups excluding carboxylic acids is 1. The number of aromatic hydroxyl groups is 1. The fraction of sp³-hybridized carbons (Fsp3) is 0.318. The Balaban J connectivity index is 1.72. The number of morpholine rings is 1. The van der Waals surface area contributed by atoms with Crippen LogP contribution in [0.3, 0.4) is 0 Å². The highest BCUT2D eigenvalue weighted by molar-refractivity contribution is 5.90. The zero-order valence-electron chi connectivity index (χ0n) is 17.5. The summed E-state index contributed by atoms with van der Waals surface area (Å²) in [6, 6.07) is 11.0. The Hall–Kier alpha value is -3.43. The van der Waals surface area contributed by atoms with Crippen LogP contribution in [0.15, 0.2) is 36.4 Å². The molecule has 1 saturated heterocycles. The average molecular weight is 423 g/mol. The molecule has 9 heteroatoms. The second kappa shape index (κ2) is 8.75. The Kier molecular flexibility index (Phi) is 5.88. The Morgan fingerprint density at radius 3 is 2.55 bits per heavy atom. The highest BCUT2D eigenvalue weighted by Gasteiger charge is 2.22. The monoisotopic (exact) mass is 423 g/mol. The molecule has 31 heavy (non-hydrogen) atoms. The van der Waals surface area contributed by atoms with Gasteiger partial charge in [-0.1, -0.05) is 12.1 Å². The summed E-state index contributed by atoms with van der Waals surface area (Å²) in [5.41, 5.74) is 8.60. The summed E-state index contributed by atoms with van der Waals surface area (Å²) in [4.78, 5) is 14.3. The number of rotatable bonds is 6. The van der Waals surface area contributed by atoms with E-state index in [0.29, 0.717) is 22.8 Å². The molecular formula is C22H25N5O4. The lowest BCUT2D eigenvalue weighted by molar-refractivity contribution is 0.0342. The molecule has 0 bridgehead atoms. The number of phenols is 1. The predicted octanol–water partition coefficient (Wildman–Crippen LogP) is 1.89. The minimum absolute atomic E-state index is 0.0104. The maximum absolute atomic E-state index is 12.0. The molecule has 4 rings (SSSR count). The zero-order chi connectivity index (χ0) is 22.0. The van der Waals surface area contributed by atoms with Gasteiger partial charge >= 0.3 is 0 Å². The van der Waals surface area contributed by atoms with Crippen LogP contribution in [0.25, 0.3) is 17.1 Å². The molecular weight excluding hydrogens is 398 g/mol. The maximum Gasteiger partial charge on any atom is 0.287 e. The third-order valence-corrected chi connectivity index (χ3v) is 5.34. The third kappa shape index (κ3) is 4.23. The Bertz CT molecular complexity index is 1090. The normalized spacial score (nSPS) is 14.5. The second-order valence-electron chi connectivity index (χ2n) is 7.44. The lowest BCUT2D eigenvalue weighted by atomic mass is 10.1. The number of nitrogens with zero attached hydrogens (tertiary/aromatic N) is 4. The number of amides is 1. The molecule has 3 N–H and O–H groups in total. The first-order valence-corrected chi connectivity index (χ1v) is 10.0. The molecule has 1 aromatic heterocycles. The molecule has 0 atom stereocenters. The summed E-state index contributed by atoms with van der Waals surface area (Å²) in [7, 11) is 1.54. The van der Waals surface area contributed by atoms with Crippen molar-refractivity contribution >= 4 is 5.91 Å². The van der Waals surface area contributed by atoms with Gasteiger partial charge in [-0.2, -0.15) is 0 Å². The number of carbonyl (C=O) groups is 1. The van der Waals surface area contributed by atoms with Crippen molar-refractivity contribution < 1.29 is 19.4 Å². The number of ether oxygens (including phenoxy) is 2. The van der Waals surface area contributed by atoms with Crippen LogP contribution in [0.4, 0.5) is 0 Å². The van der Waals surface area contributed by atoms with E-state index in [1.54, 1.807) is 10.6 Å². The molecule has 0 saturated carbocycles. The molecule has 0 spiro atoms. The van der Waals surface area contributed by atoms with E-state index in [0.717, 1.165) is 44.0 Å². The molecule has 1 aliphatic heterocycles. The van der Waals surface area contributed by atoms with Gasteiger partial charge in [-0.3, -0.25) is 14.3 Å². The third-order valence-electron chi connectivity index (χ3n) is 5.34. The van der Waals surface area contributed by atoms with E-state index in [1.165, 1.54) is 13.2 Å². The average Bonchev–Trinajstić information content (AvgIpc) is 3.21. The zero-order valence-corrected chi connectivity index (χ0v) is 17.5. The first-order valence-electron chi connectivity index (χ1n) is 10.0. The molecule has 3 aromatic rings. The number of primary amides is 1. The van der Waals surface area contributed by atoms with E-state index in [1.807, 2.05) is 31.2 Å². The van der Waals surface area contributed by atoms with Crippen molar-refractivity contribution in [1.82, 2.24) is 19.7 Å². The van der Waals surface area contributed by atoms with Crippen LogP contribution >= 0.6 is 0 Å². The Morgan fingerprint density at radius 2 is 1.90 bits per heavy atom. The highest BCUT2D eigenvalue weighted by atomic mass is 16.5. The number of phenolic OH excluding ortho intramolecular Hbond substituents is 1. The van der Waals surface area contributed by atoms with Gasteiger partial charge in [-0.15, -0.1) is 10.2 Å². The quantitative estimate of drug-likeness (QED) is 0.622. The van der Waals surface area contributed by atoms with E-state index in [2.05, 4.69) is 15.1 Å². The largest absolute Gasteiger partial charge is 0.507 e. The maximum atomic E-state index is 12.0. The summed E-state index contributed by atoms with van der Waals surface area (Å²) in [5.74, 6) is 0.119. The smallest absolute Gasteiger partial charge is 0.287 e. The minimum Gasteiger partial charge on any atom is -0.507 e. The minimum atomic E-state index is -0.708. The molecule has 1 fully saturated rings. The summed E-state index contributed by atoms with van der Waals surface area (Å²) in [6.07, 6.45) is 0. The molecule has 2 heterocycles. The molecule has 9 nitrogen and oxygen atoms in total. The van der Waals surface area contributed by atoms with Crippen molar-refractivity contribution in [1.29, 1.82) is 0 Å². The van der Waals surface area contributed by atoms with Gasteiger partial charge in [-0.25, -0.2) is 0 Å². The van der Waals surface area contributed by atoms with E-state index in [9.17, 15) is 9.90 Å². The van der Waals surface area contributed by atoms with E-state index in [-0.39, 0.29) is 11.6 Å². The van der Waals surface area contributed by atoms with Gasteiger partial charge in [-0.05, 0) is 36.2 Å². The summed E-state index contributed by atoms with van der Waals surface area (Å²) < 4.78 is 12.2. The van der Waals surface area contributed by atoms with Crippen LogP contribution in [0, 0.1) is 6.92 Å². The van der Waals surface area contributed by atoms with Gasteiger partial charge < -0.3 is 20.3 Å². The number of hydrogen-bond donors (Lipinski definition) is 2. The van der Waals surface area contributed by atoms with Gasteiger partial charge in [0.25, 0.3) is 5.91 Å². The van der Waals surface area contributed by atoms with Gasteiger partial charge in [0.15, 0.2) is 5.82 Å². The van der Waals surface area contributed by atoms with Crippen LogP contribution in [-0.2, 0) is 11.3 Å². The Labute approximate surface area is 180 Å². The SMILES string of the molecule is COc1cc(O)c(-c2nnc(C(N)=O)n2-c2ccc(CN3CCOCC3)cc2)cc1C. The van der Waals surface area contributed by atoms with Gasteiger partial charge in [0.05, 0.1) is 25.9 Å². The van der Waals surface area contributed by atoms with Crippen molar-refractivity contribution in [2.24, 2.45) is 5.73 Å². The molecule has 1 aliphatic rings. The van der Waals surface area contributed by atoms with Crippen LogP contribution in [-0.4, -0.2) is 64.1 Å². The van der Waals surface area contributed by atoms with Crippen LogP contribution in [0.5, 0.6) is 11.5 Å². The lowest BCUT2D eigenvalue weighted by Gasteiger charge is -2.26. The summed E-state index contributed by atoms with van der Waals surface area (Å²) in [5, 5.41) is 18.7. The molecule has 2 aromatic carbocycles. The van der Waals surface area contributed by atoms with Crippen molar-refractivity contribution in [3.63, 3.8) is 0 Å². The Morgan fingerprint density at radius 1 is 1.19 bits per heavy atom. The first-order chi connectivity index (χ1) is 15.0. The summed E-state index contributed by atoms with van der Waals surface area (Å²) in [6.45, 7) is 5.97. The number of nitrogens with two attached hydrogens (primary N) is 1.